The molecule has 1 aromatic heterocycles. The van der Waals surface area contributed by atoms with Gasteiger partial charge in [0.05, 0.1) is 32.0 Å². The van der Waals surface area contributed by atoms with Gasteiger partial charge in [-0.2, -0.15) is 4.98 Å². The van der Waals surface area contributed by atoms with Crippen LogP contribution in [0.25, 0.3) is 11.1 Å². The lowest BCUT2D eigenvalue weighted by Crippen LogP contribution is -2.39. The van der Waals surface area contributed by atoms with Crippen LogP contribution in [-0.2, 0) is 4.74 Å². The highest BCUT2D eigenvalue weighted by Gasteiger charge is 2.25. The van der Waals surface area contributed by atoms with Gasteiger partial charge in [-0.3, -0.25) is 0 Å². The molecule has 1 saturated heterocycles. The fraction of sp³-hybridized carbons (Fsp3) is 0.565. The minimum Gasteiger partial charge on any atom is -0.490 e. The third-order valence-corrected chi connectivity index (χ3v) is 6.05. The lowest BCUT2D eigenvalue weighted by Gasteiger charge is -2.28. The van der Waals surface area contributed by atoms with Crippen LogP contribution in [0, 0.1) is 5.92 Å². The molecule has 7 nitrogen and oxygen atoms in total. The van der Waals surface area contributed by atoms with Crippen LogP contribution >= 0.6 is 0 Å². The van der Waals surface area contributed by atoms with Gasteiger partial charge in [0.15, 0.2) is 11.5 Å². The highest BCUT2D eigenvalue weighted by molar-refractivity contribution is 5.71. The number of fused-ring (bicyclic) bond motifs is 1. The van der Waals surface area contributed by atoms with Gasteiger partial charge in [-0.25, -0.2) is 4.98 Å². The van der Waals surface area contributed by atoms with Gasteiger partial charge < -0.3 is 24.3 Å². The van der Waals surface area contributed by atoms with Gasteiger partial charge in [0, 0.05) is 18.7 Å². The summed E-state index contributed by atoms with van der Waals surface area (Å²) in [7, 11) is 0. The molecule has 160 valence electrons. The molecule has 7 heteroatoms. The van der Waals surface area contributed by atoms with Crippen molar-refractivity contribution in [3.05, 3.63) is 24.4 Å². The maximum absolute atomic E-state index is 6.16. The molecular weight excluding hydrogens is 382 g/mol. The molecular formula is C23H29N3O4. The van der Waals surface area contributed by atoms with E-state index in [2.05, 4.69) is 17.2 Å². The molecule has 1 aliphatic carbocycles. The fourth-order valence-electron chi connectivity index (χ4n) is 4.08. The number of rotatable bonds is 5. The molecule has 2 aromatic rings. The summed E-state index contributed by atoms with van der Waals surface area (Å²) in [4.78, 5) is 9.35. The fourth-order valence-corrected chi connectivity index (χ4v) is 4.08. The number of benzene rings is 1. The average molecular weight is 412 g/mol. The first-order chi connectivity index (χ1) is 14.7. The Hall–Kier alpha value is -2.54. The monoisotopic (exact) mass is 411 g/mol. The molecule has 0 amide bonds. The van der Waals surface area contributed by atoms with Crippen LogP contribution in [0.5, 0.6) is 17.4 Å². The summed E-state index contributed by atoms with van der Waals surface area (Å²) < 4.78 is 23.1. The van der Waals surface area contributed by atoms with E-state index >= 15 is 0 Å². The van der Waals surface area contributed by atoms with E-state index in [4.69, 9.17) is 23.9 Å². The van der Waals surface area contributed by atoms with Gasteiger partial charge in [0.25, 0.3) is 0 Å². The normalized spacial score (nSPS) is 23.9. The molecule has 0 bridgehead atoms. The number of nitrogens with one attached hydrogen (secondary N) is 1. The highest BCUT2D eigenvalue weighted by Crippen LogP contribution is 2.37. The van der Waals surface area contributed by atoms with Crippen LogP contribution < -0.4 is 19.5 Å². The van der Waals surface area contributed by atoms with Gasteiger partial charge in [-0.1, -0.05) is 13.0 Å². The topological polar surface area (TPSA) is 74.7 Å². The Morgan fingerprint density at radius 1 is 1.03 bits per heavy atom. The van der Waals surface area contributed by atoms with Gasteiger partial charge in [0.2, 0.25) is 11.8 Å². The van der Waals surface area contributed by atoms with Crippen LogP contribution in [0.3, 0.4) is 0 Å². The zero-order valence-electron chi connectivity index (χ0n) is 17.4. The summed E-state index contributed by atoms with van der Waals surface area (Å²) in [5.41, 5.74) is 1.80. The van der Waals surface area contributed by atoms with Crippen molar-refractivity contribution in [1.29, 1.82) is 0 Å². The van der Waals surface area contributed by atoms with Gasteiger partial charge in [0.1, 0.15) is 6.10 Å². The van der Waals surface area contributed by atoms with Gasteiger partial charge >= 0.3 is 0 Å². The molecule has 0 radical (unpaired) electrons. The third kappa shape index (κ3) is 4.31. The minimum atomic E-state index is 0.0300. The molecule has 0 spiro atoms. The van der Waals surface area contributed by atoms with Crippen molar-refractivity contribution in [3.63, 3.8) is 0 Å². The molecule has 5 rings (SSSR count). The summed E-state index contributed by atoms with van der Waals surface area (Å²) in [6.45, 7) is 4.83. The number of ether oxygens (including phenoxy) is 4. The first-order valence-electron chi connectivity index (χ1n) is 11.0. The predicted molar refractivity (Wildman–Crippen MR) is 113 cm³/mol. The van der Waals surface area contributed by atoms with Crippen molar-refractivity contribution < 1.29 is 18.9 Å². The summed E-state index contributed by atoms with van der Waals surface area (Å²) in [6.07, 6.45) is 7.55. The molecule has 0 atom stereocenters. The lowest BCUT2D eigenvalue weighted by atomic mass is 9.87. The molecule has 3 heterocycles. The number of hydrogen-bond acceptors (Lipinski definition) is 7. The standard InChI is InChI=1S/C23H29N3O4/c1-15-3-6-17(7-4-15)25-23-24-12-19(22(26-23)30-18-13-27-14-18)16-5-8-20-21(11-16)29-10-2-9-28-20/h5,8,11-12,15,17-18H,2-4,6-7,9-10,13-14H2,1H3,(H,24,25,26). The summed E-state index contributed by atoms with van der Waals surface area (Å²) in [5, 5.41) is 3.51. The Morgan fingerprint density at radius 3 is 2.60 bits per heavy atom. The Balaban J connectivity index is 1.41. The second-order valence-corrected chi connectivity index (χ2v) is 8.50. The maximum Gasteiger partial charge on any atom is 0.226 e. The maximum atomic E-state index is 6.16. The Labute approximate surface area is 177 Å². The van der Waals surface area contributed by atoms with E-state index in [1.807, 2.05) is 24.4 Å². The van der Waals surface area contributed by atoms with E-state index < -0.39 is 0 Å². The predicted octanol–water partition coefficient (Wildman–Crippen LogP) is 4.07. The summed E-state index contributed by atoms with van der Waals surface area (Å²) in [6, 6.07) is 6.36. The molecule has 2 fully saturated rings. The smallest absolute Gasteiger partial charge is 0.226 e. The van der Waals surface area contributed by atoms with Crippen molar-refractivity contribution in [1.82, 2.24) is 9.97 Å². The van der Waals surface area contributed by atoms with Crippen LogP contribution in [0.1, 0.15) is 39.0 Å². The van der Waals surface area contributed by atoms with E-state index in [0.717, 1.165) is 47.8 Å². The zero-order valence-corrected chi connectivity index (χ0v) is 17.4. The quantitative estimate of drug-likeness (QED) is 0.795. The number of nitrogens with zero attached hydrogens (tertiary/aromatic N) is 2. The van der Waals surface area contributed by atoms with Crippen LogP contribution in [0.15, 0.2) is 24.4 Å². The second-order valence-electron chi connectivity index (χ2n) is 8.50. The minimum absolute atomic E-state index is 0.0300. The molecule has 1 saturated carbocycles. The van der Waals surface area contributed by atoms with E-state index in [0.29, 0.717) is 44.3 Å². The molecule has 0 unspecified atom stereocenters. The molecule has 2 aliphatic heterocycles. The average Bonchev–Trinajstić information content (AvgIpc) is 2.97. The Kier molecular flexibility index (Phi) is 5.62. The van der Waals surface area contributed by atoms with E-state index in [1.165, 1.54) is 12.8 Å². The number of anilines is 1. The third-order valence-electron chi connectivity index (χ3n) is 6.05. The van der Waals surface area contributed by atoms with Crippen molar-refractivity contribution >= 4 is 5.95 Å². The van der Waals surface area contributed by atoms with E-state index in [9.17, 15) is 0 Å². The molecule has 3 aliphatic rings. The van der Waals surface area contributed by atoms with Crippen LogP contribution in [0.4, 0.5) is 5.95 Å². The van der Waals surface area contributed by atoms with E-state index in [-0.39, 0.29) is 6.10 Å². The number of aromatic nitrogens is 2. The molecule has 1 N–H and O–H groups in total. The van der Waals surface area contributed by atoms with Crippen molar-refractivity contribution in [2.75, 3.05) is 31.7 Å². The van der Waals surface area contributed by atoms with Crippen molar-refractivity contribution in [3.8, 4) is 28.5 Å². The summed E-state index contributed by atoms with van der Waals surface area (Å²) in [5.74, 6) is 3.55. The second kappa shape index (κ2) is 8.68. The van der Waals surface area contributed by atoms with E-state index in [1.54, 1.807) is 0 Å². The first kappa shape index (κ1) is 19.4. The number of hydrogen-bond donors (Lipinski definition) is 1. The zero-order chi connectivity index (χ0) is 20.3. The van der Waals surface area contributed by atoms with Gasteiger partial charge in [-0.05, 0) is 49.3 Å². The Morgan fingerprint density at radius 2 is 1.83 bits per heavy atom. The largest absolute Gasteiger partial charge is 0.490 e. The van der Waals surface area contributed by atoms with Crippen molar-refractivity contribution in [2.24, 2.45) is 5.92 Å². The first-order valence-corrected chi connectivity index (χ1v) is 11.0. The molecule has 1 aromatic carbocycles. The van der Waals surface area contributed by atoms with Crippen LogP contribution in [0.2, 0.25) is 0 Å². The summed E-state index contributed by atoms with van der Waals surface area (Å²) >= 11 is 0. The molecule has 30 heavy (non-hydrogen) atoms. The van der Waals surface area contributed by atoms with Gasteiger partial charge in [-0.15, -0.1) is 0 Å². The highest BCUT2D eigenvalue weighted by atomic mass is 16.6. The van der Waals surface area contributed by atoms with Crippen molar-refractivity contribution in [2.45, 2.75) is 51.2 Å². The SMILES string of the molecule is CC1CCC(Nc2ncc(-c3ccc4c(c3)OCCCO4)c(OC3COC3)n2)CC1. The van der Waals surface area contributed by atoms with Crippen LogP contribution in [-0.4, -0.2) is 48.5 Å². The Bertz CT molecular complexity index is 879. The lowest BCUT2D eigenvalue weighted by molar-refractivity contribution is -0.0810.